The van der Waals surface area contributed by atoms with Crippen LogP contribution in [0.15, 0.2) is 18.2 Å². The normalized spacial score (nSPS) is 20.1. The number of nitrogens with one attached hydrogen (secondary N) is 2. The SMILES string of the molecule is O=C1CN(C2CNC2)c2cc(Cl)ccc2N1. The van der Waals surface area contributed by atoms with Crippen LogP contribution in [0.5, 0.6) is 0 Å². The van der Waals surface area contributed by atoms with Crippen molar-refractivity contribution in [1.82, 2.24) is 5.32 Å². The molecule has 2 N–H and O–H groups in total. The van der Waals surface area contributed by atoms with Gasteiger partial charge >= 0.3 is 0 Å². The van der Waals surface area contributed by atoms with Crippen LogP contribution in [-0.2, 0) is 4.79 Å². The molecule has 0 spiro atoms. The Morgan fingerprint density at radius 1 is 1.38 bits per heavy atom. The highest BCUT2D eigenvalue weighted by molar-refractivity contribution is 6.31. The lowest BCUT2D eigenvalue weighted by molar-refractivity contribution is -0.115. The van der Waals surface area contributed by atoms with Gasteiger partial charge in [0.05, 0.1) is 24.0 Å². The molecule has 5 heteroatoms. The summed E-state index contributed by atoms with van der Waals surface area (Å²) in [7, 11) is 0. The van der Waals surface area contributed by atoms with Gasteiger partial charge in [0.15, 0.2) is 0 Å². The first-order chi connectivity index (χ1) is 7.74. The molecule has 1 fully saturated rings. The minimum absolute atomic E-state index is 0.0433. The highest BCUT2D eigenvalue weighted by atomic mass is 35.5. The summed E-state index contributed by atoms with van der Waals surface area (Å²) in [6.45, 7) is 2.28. The van der Waals surface area contributed by atoms with E-state index in [9.17, 15) is 4.79 Å². The monoisotopic (exact) mass is 237 g/mol. The molecule has 3 rings (SSSR count). The number of hydrogen-bond acceptors (Lipinski definition) is 3. The predicted molar refractivity (Wildman–Crippen MR) is 64.1 cm³/mol. The number of carbonyl (C=O) groups excluding carboxylic acids is 1. The molecule has 0 aliphatic carbocycles. The zero-order valence-corrected chi connectivity index (χ0v) is 9.42. The maximum absolute atomic E-state index is 11.6. The molecule has 2 aliphatic heterocycles. The molecule has 0 saturated carbocycles. The van der Waals surface area contributed by atoms with Gasteiger partial charge in [0, 0.05) is 18.1 Å². The summed E-state index contributed by atoms with van der Waals surface area (Å²) >= 11 is 5.99. The number of fused-ring (bicyclic) bond motifs is 1. The van der Waals surface area contributed by atoms with Gasteiger partial charge in [0.25, 0.3) is 0 Å². The summed E-state index contributed by atoms with van der Waals surface area (Å²) in [6, 6.07) is 5.97. The molecule has 0 radical (unpaired) electrons. The average molecular weight is 238 g/mol. The van der Waals surface area contributed by atoms with Crippen LogP contribution in [0.4, 0.5) is 11.4 Å². The molecule has 4 nitrogen and oxygen atoms in total. The van der Waals surface area contributed by atoms with Crippen molar-refractivity contribution in [1.29, 1.82) is 0 Å². The summed E-state index contributed by atoms with van der Waals surface area (Å²) in [5.74, 6) is 0.0433. The Balaban J connectivity index is 2.01. The van der Waals surface area contributed by atoms with Crippen molar-refractivity contribution in [2.45, 2.75) is 6.04 Å². The number of hydrogen-bond donors (Lipinski definition) is 2. The molecule has 1 aromatic carbocycles. The number of benzene rings is 1. The third kappa shape index (κ3) is 1.54. The molecular weight excluding hydrogens is 226 g/mol. The Hall–Kier alpha value is -1.26. The summed E-state index contributed by atoms with van der Waals surface area (Å²) in [5, 5.41) is 6.77. The molecule has 16 heavy (non-hydrogen) atoms. The van der Waals surface area contributed by atoms with Crippen molar-refractivity contribution >= 4 is 28.9 Å². The van der Waals surface area contributed by atoms with E-state index in [0.29, 0.717) is 17.6 Å². The first-order valence-electron chi connectivity index (χ1n) is 5.31. The zero-order chi connectivity index (χ0) is 11.1. The van der Waals surface area contributed by atoms with E-state index in [1.807, 2.05) is 12.1 Å². The molecule has 0 atom stereocenters. The first kappa shape index (κ1) is 9.93. The molecule has 84 valence electrons. The second-order valence-corrected chi connectivity index (χ2v) is 4.59. The fraction of sp³-hybridized carbons (Fsp3) is 0.364. The molecular formula is C11H12ClN3O. The van der Waals surface area contributed by atoms with Gasteiger partial charge in [-0.25, -0.2) is 0 Å². The summed E-state index contributed by atoms with van der Waals surface area (Å²) in [6.07, 6.45) is 0. The van der Waals surface area contributed by atoms with Crippen LogP contribution in [-0.4, -0.2) is 31.6 Å². The quantitative estimate of drug-likeness (QED) is 0.768. The smallest absolute Gasteiger partial charge is 0.243 e. The Kier molecular flexibility index (Phi) is 2.26. The number of nitrogens with zero attached hydrogens (tertiary/aromatic N) is 1. The number of amides is 1. The number of rotatable bonds is 1. The maximum Gasteiger partial charge on any atom is 0.243 e. The first-order valence-corrected chi connectivity index (χ1v) is 5.68. The van der Waals surface area contributed by atoms with Crippen molar-refractivity contribution in [3.8, 4) is 0 Å². The molecule has 0 bridgehead atoms. The molecule has 0 unspecified atom stereocenters. The standard InChI is InChI=1S/C11H12ClN3O/c12-7-1-2-9-10(3-7)15(6-11(16)14-9)8-4-13-5-8/h1-3,8,13H,4-6H2,(H,14,16). The van der Waals surface area contributed by atoms with Gasteiger partial charge in [-0.1, -0.05) is 11.6 Å². The van der Waals surface area contributed by atoms with E-state index in [1.165, 1.54) is 0 Å². The van der Waals surface area contributed by atoms with Crippen LogP contribution in [0, 0.1) is 0 Å². The van der Waals surface area contributed by atoms with Crippen molar-refractivity contribution in [3.05, 3.63) is 23.2 Å². The summed E-state index contributed by atoms with van der Waals surface area (Å²) < 4.78 is 0. The van der Waals surface area contributed by atoms with E-state index < -0.39 is 0 Å². The van der Waals surface area contributed by atoms with Crippen molar-refractivity contribution in [2.24, 2.45) is 0 Å². The fourth-order valence-corrected chi connectivity index (χ4v) is 2.26. The number of carbonyl (C=O) groups is 1. The van der Waals surface area contributed by atoms with Gasteiger partial charge < -0.3 is 15.5 Å². The summed E-state index contributed by atoms with van der Waals surface area (Å²) in [5.41, 5.74) is 1.88. The second kappa shape index (κ2) is 3.64. The van der Waals surface area contributed by atoms with Crippen molar-refractivity contribution in [2.75, 3.05) is 29.9 Å². The number of halogens is 1. The van der Waals surface area contributed by atoms with E-state index in [4.69, 9.17) is 11.6 Å². The van der Waals surface area contributed by atoms with Crippen molar-refractivity contribution in [3.63, 3.8) is 0 Å². The van der Waals surface area contributed by atoms with Crippen LogP contribution in [0.2, 0.25) is 5.02 Å². The highest BCUT2D eigenvalue weighted by Gasteiger charge is 2.31. The second-order valence-electron chi connectivity index (χ2n) is 4.15. The molecule has 1 aromatic rings. The lowest BCUT2D eigenvalue weighted by Gasteiger charge is -2.42. The topological polar surface area (TPSA) is 44.4 Å². The van der Waals surface area contributed by atoms with Gasteiger partial charge in [-0.15, -0.1) is 0 Å². The molecule has 1 amide bonds. The minimum atomic E-state index is 0.0433. The van der Waals surface area contributed by atoms with Gasteiger partial charge in [-0.2, -0.15) is 0 Å². The average Bonchev–Trinajstić information content (AvgIpc) is 2.16. The van der Waals surface area contributed by atoms with Gasteiger partial charge in [0.2, 0.25) is 5.91 Å². The fourth-order valence-electron chi connectivity index (χ4n) is 2.10. The zero-order valence-electron chi connectivity index (χ0n) is 8.66. The Bertz CT molecular complexity index is 445. The lowest BCUT2D eigenvalue weighted by Crippen LogP contribution is -2.60. The molecule has 1 saturated heterocycles. The predicted octanol–water partition coefficient (Wildman–Crippen LogP) is 1.07. The highest BCUT2D eigenvalue weighted by Crippen LogP contribution is 2.33. The third-order valence-electron chi connectivity index (χ3n) is 3.06. The van der Waals surface area contributed by atoms with E-state index >= 15 is 0 Å². The van der Waals surface area contributed by atoms with Crippen LogP contribution in [0.1, 0.15) is 0 Å². The Morgan fingerprint density at radius 3 is 2.88 bits per heavy atom. The molecule has 0 aromatic heterocycles. The van der Waals surface area contributed by atoms with E-state index in [-0.39, 0.29) is 5.91 Å². The van der Waals surface area contributed by atoms with Crippen LogP contribution in [0.3, 0.4) is 0 Å². The van der Waals surface area contributed by atoms with Gasteiger partial charge in [0.1, 0.15) is 0 Å². The molecule has 2 aliphatic rings. The maximum atomic E-state index is 11.6. The van der Waals surface area contributed by atoms with Crippen molar-refractivity contribution < 1.29 is 4.79 Å². The van der Waals surface area contributed by atoms with Gasteiger partial charge in [-0.05, 0) is 18.2 Å². The lowest BCUT2D eigenvalue weighted by atomic mass is 10.1. The van der Waals surface area contributed by atoms with E-state index in [2.05, 4.69) is 15.5 Å². The summed E-state index contributed by atoms with van der Waals surface area (Å²) in [4.78, 5) is 13.7. The van der Waals surface area contributed by atoms with Gasteiger partial charge in [-0.3, -0.25) is 4.79 Å². The molecule has 2 heterocycles. The Labute approximate surface area is 98.6 Å². The van der Waals surface area contributed by atoms with Crippen LogP contribution < -0.4 is 15.5 Å². The van der Waals surface area contributed by atoms with Crippen LogP contribution >= 0.6 is 11.6 Å². The minimum Gasteiger partial charge on any atom is -0.355 e. The van der Waals surface area contributed by atoms with E-state index in [0.717, 1.165) is 24.5 Å². The number of anilines is 2. The van der Waals surface area contributed by atoms with E-state index in [1.54, 1.807) is 6.07 Å². The van der Waals surface area contributed by atoms with Crippen LogP contribution in [0.25, 0.3) is 0 Å². The largest absolute Gasteiger partial charge is 0.355 e. The third-order valence-corrected chi connectivity index (χ3v) is 3.29. The Morgan fingerprint density at radius 2 is 2.19 bits per heavy atom.